The summed E-state index contributed by atoms with van der Waals surface area (Å²) in [6, 6.07) is 14.7. The summed E-state index contributed by atoms with van der Waals surface area (Å²) in [5.74, 6) is 1.28. The molecule has 0 amide bonds. The van der Waals surface area contributed by atoms with Gasteiger partial charge in [0, 0.05) is 30.0 Å². The molecular formula is C28H35N5O6S2. The normalized spacial score (nSPS) is 13.7. The van der Waals surface area contributed by atoms with Gasteiger partial charge in [-0.1, -0.05) is 18.2 Å². The van der Waals surface area contributed by atoms with Gasteiger partial charge in [0.1, 0.15) is 15.7 Å². The van der Waals surface area contributed by atoms with E-state index in [1.54, 1.807) is 53.6 Å². The van der Waals surface area contributed by atoms with Crippen molar-refractivity contribution in [3.8, 4) is 11.4 Å². The molecule has 2 heterocycles. The number of hydrogen-bond acceptors (Lipinski definition) is 11. The summed E-state index contributed by atoms with van der Waals surface area (Å²) in [5.41, 5.74) is 8.23. The van der Waals surface area contributed by atoms with Crippen molar-refractivity contribution in [3.05, 3.63) is 71.7 Å². The maximum Gasteiger partial charge on any atom is 0.214 e. The minimum Gasteiger partial charge on any atom is -0.478 e. The molecule has 1 aliphatic rings. The van der Waals surface area contributed by atoms with E-state index >= 15 is 0 Å². The predicted octanol–water partition coefficient (Wildman–Crippen LogP) is 3.01. The van der Waals surface area contributed by atoms with Crippen LogP contribution in [0.15, 0.2) is 70.3 Å². The predicted molar refractivity (Wildman–Crippen MR) is 157 cm³/mol. The van der Waals surface area contributed by atoms with E-state index < -0.39 is 19.7 Å². The van der Waals surface area contributed by atoms with Crippen LogP contribution in [0.2, 0.25) is 0 Å². The zero-order chi connectivity index (χ0) is 29.6. The molecule has 0 fully saturated rings. The van der Waals surface area contributed by atoms with Gasteiger partial charge in [-0.25, -0.2) is 31.9 Å². The highest BCUT2D eigenvalue weighted by molar-refractivity contribution is 7.91. The molecule has 0 saturated carbocycles. The maximum atomic E-state index is 12.9. The number of rotatable bonds is 13. The average Bonchev–Trinajstić information content (AvgIpc) is 2.95. The van der Waals surface area contributed by atoms with Crippen molar-refractivity contribution in [2.24, 2.45) is 0 Å². The van der Waals surface area contributed by atoms with Crippen molar-refractivity contribution >= 4 is 31.6 Å². The van der Waals surface area contributed by atoms with Crippen LogP contribution >= 0.6 is 0 Å². The van der Waals surface area contributed by atoms with Crippen LogP contribution in [-0.2, 0) is 35.8 Å². The molecule has 1 aliphatic heterocycles. The van der Waals surface area contributed by atoms with Crippen molar-refractivity contribution in [2.45, 2.75) is 29.2 Å². The Morgan fingerprint density at radius 3 is 2.29 bits per heavy atom. The second kappa shape index (κ2) is 13.0. The lowest BCUT2D eigenvalue weighted by Crippen LogP contribution is -2.28. The number of nitrogen functional groups attached to an aromatic ring is 1. The SMILES string of the molecule is CON1Cc2nc(-c3ccc(S(=O)(=O)c4ccccc4)cc3)nc(N)c2C=C1OCCCCN(C)CCS(C)(=O)=O. The standard InChI is InChI=1S/C28H35N5O6S2/c1-32(16-18-40(3,34)35)15-7-8-17-39-26-19-24-25(20-33(26)38-2)30-28(31-27(24)29)21-11-13-23(14-12-21)41(36,37)22-9-5-4-6-10-22/h4-6,9-14,19H,7-8,15-18,20H2,1-3H3,(H2,29,30,31). The van der Waals surface area contributed by atoms with Crippen LogP contribution < -0.4 is 5.73 Å². The van der Waals surface area contributed by atoms with Crippen molar-refractivity contribution in [1.29, 1.82) is 0 Å². The molecule has 13 heteroatoms. The monoisotopic (exact) mass is 601 g/mol. The number of benzene rings is 2. The number of aromatic nitrogens is 2. The van der Waals surface area contributed by atoms with E-state index in [-0.39, 0.29) is 27.9 Å². The minimum atomic E-state index is -3.64. The van der Waals surface area contributed by atoms with Crippen LogP contribution in [0.5, 0.6) is 0 Å². The molecule has 0 aliphatic carbocycles. The number of nitrogens with two attached hydrogens (primary N) is 1. The highest BCUT2D eigenvalue weighted by Crippen LogP contribution is 2.30. The summed E-state index contributed by atoms with van der Waals surface area (Å²) >= 11 is 0. The van der Waals surface area contributed by atoms with Crippen LogP contribution in [0, 0.1) is 0 Å². The van der Waals surface area contributed by atoms with E-state index in [2.05, 4.69) is 9.97 Å². The molecule has 0 radical (unpaired) electrons. The van der Waals surface area contributed by atoms with Gasteiger partial charge in [-0.2, -0.15) is 0 Å². The van der Waals surface area contributed by atoms with Gasteiger partial charge in [0.05, 0.1) is 41.5 Å². The highest BCUT2D eigenvalue weighted by atomic mass is 32.2. The fourth-order valence-electron chi connectivity index (χ4n) is 4.23. The van der Waals surface area contributed by atoms with Gasteiger partial charge in [0.2, 0.25) is 15.7 Å². The molecule has 3 aromatic rings. The molecule has 0 saturated heterocycles. The Hall–Kier alpha value is -3.52. The summed E-state index contributed by atoms with van der Waals surface area (Å²) < 4.78 is 54.5. The zero-order valence-corrected chi connectivity index (χ0v) is 25.0. The molecule has 0 unspecified atom stereocenters. The molecule has 0 bridgehead atoms. The number of nitrogens with zero attached hydrogens (tertiary/aromatic N) is 4. The average molecular weight is 602 g/mol. The van der Waals surface area contributed by atoms with Gasteiger partial charge in [0.25, 0.3) is 0 Å². The summed E-state index contributed by atoms with van der Waals surface area (Å²) in [6.07, 6.45) is 4.60. The van der Waals surface area contributed by atoms with Gasteiger partial charge in [-0.05, 0) is 62.8 Å². The van der Waals surface area contributed by atoms with Gasteiger partial charge < -0.3 is 15.4 Å². The first-order chi connectivity index (χ1) is 19.5. The van der Waals surface area contributed by atoms with Crippen LogP contribution in [0.4, 0.5) is 5.82 Å². The van der Waals surface area contributed by atoms with Crippen molar-refractivity contribution in [3.63, 3.8) is 0 Å². The third-order valence-corrected chi connectivity index (χ3v) is 9.30. The van der Waals surface area contributed by atoms with Crippen LogP contribution in [0.25, 0.3) is 17.5 Å². The molecule has 0 atom stereocenters. The number of sulfone groups is 2. The van der Waals surface area contributed by atoms with Crippen molar-refractivity contribution in [1.82, 2.24) is 19.9 Å². The molecule has 41 heavy (non-hydrogen) atoms. The lowest BCUT2D eigenvalue weighted by molar-refractivity contribution is -0.149. The summed E-state index contributed by atoms with van der Waals surface area (Å²) in [7, 11) is -3.18. The van der Waals surface area contributed by atoms with E-state index in [1.807, 2.05) is 11.9 Å². The van der Waals surface area contributed by atoms with E-state index in [0.29, 0.717) is 41.7 Å². The second-order valence-electron chi connectivity index (χ2n) is 9.82. The largest absolute Gasteiger partial charge is 0.478 e. The van der Waals surface area contributed by atoms with Crippen molar-refractivity contribution < 1.29 is 26.4 Å². The third kappa shape index (κ3) is 7.82. The number of hydrogen-bond donors (Lipinski definition) is 1. The lowest BCUT2D eigenvalue weighted by Gasteiger charge is -2.29. The first-order valence-electron chi connectivity index (χ1n) is 13.1. The van der Waals surface area contributed by atoms with Crippen LogP contribution in [0.1, 0.15) is 24.1 Å². The molecular weight excluding hydrogens is 566 g/mol. The van der Waals surface area contributed by atoms with Crippen LogP contribution in [-0.4, -0.2) is 82.6 Å². The van der Waals surface area contributed by atoms with E-state index in [0.717, 1.165) is 19.4 Å². The molecule has 1 aromatic heterocycles. The Balaban J connectivity index is 1.42. The maximum absolute atomic E-state index is 12.9. The molecule has 2 N–H and O–H groups in total. The smallest absolute Gasteiger partial charge is 0.214 e. The van der Waals surface area contributed by atoms with E-state index in [4.69, 9.17) is 15.3 Å². The number of unbranched alkanes of at least 4 members (excludes halogenated alkanes) is 1. The Labute approximate surface area is 241 Å². The third-order valence-electron chi connectivity index (χ3n) is 6.59. The zero-order valence-electron chi connectivity index (χ0n) is 23.4. The summed E-state index contributed by atoms with van der Waals surface area (Å²) in [5, 5.41) is 1.58. The van der Waals surface area contributed by atoms with Crippen molar-refractivity contribution in [2.75, 3.05) is 51.6 Å². The first kappa shape index (κ1) is 30.4. The lowest BCUT2D eigenvalue weighted by atomic mass is 10.1. The van der Waals surface area contributed by atoms with Gasteiger partial charge in [-0.3, -0.25) is 4.84 Å². The van der Waals surface area contributed by atoms with E-state index in [1.165, 1.54) is 25.5 Å². The second-order valence-corrected chi connectivity index (χ2v) is 14.0. The molecule has 4 rings (SSSR count). The number of fused-ring (bicyclic) bond motifs is 1. The van der Waals surface area contributed by atoms with Crippen LogP contribution in [0.3, 0.4) is 0 Å². The van der Waals surface area contributed by atoms with Gasteiger partial charge in [-0.15, -0.1) is 0 Å². The van der Waals surface area contributed by atoms with E-state index in [9.17, 15) is 16.8 Å². The highest BCUT2D eigenvalue weighted by Gasteiger charge is 2.25. The topological polar surface area (TPSA) is 145 Å². The Kier molecular flexibility index (Phi) is 9.64. The quantitative estimate of drug-likeness (QED) is 0.289. The Bertz CT molecular complexity index is 1590. The summed E-state index contributed by atoms with van der Waals surface area (Å²) in [6.45, 7) is 1.98. The molecule has 0 spiro atoms. The Morgan fingerprint density at radius 1 is 0.951 bits per heavy atom. The van der Waals surface area contributed by atoms with Gasteiger partial charge >= 0.3 is 0 Å². The van der Waals surface area contributed by atoms with Gasteiger partial charge in [0.15, 0.2) is 5.82 Å². The number of hydroxylamine groups is 2. The Morgan fingerprint density at radius 2 is 1.63 bits per heavy atom. The molecule has 220 valence electrons. The fourth-order valence-corrected chi connectivity index (χ4v) is 6.16. The molecule has 2 aromatic carbocycles. The minimum absolute atomic E-state index is 0.141. The fraction of sp³-hybridized carbons (Fsp3) is 0.357. The first-order valence-corrected chi connectivity index (χ1v) is 16.6. The number of ether oxygens (including phenoxy) is 1. The summed E-state index contributed by atoms with van der Waals surface area (Å²) in [4.78, 5) is 17.0. The molecule has 11 nitrogen and oxygen atoms in total. The number of anilines is 1.